The van der Waals surface area contributed by atoms with E-state index < -0.39 is 0 Å². The van der Waals surface area contributed by atoms with Gasteiger partial charge in [-0.2, -0.15) is 4.37 Å². The lowest BCUT2D eigenvalue weighted by atomic mass is 9.83. The second-order valence-electron chi connectivity index (χ2n) is 5.95. The molecule has 1 heterocycles. The van der Waals surface area contributed by atoms with Crippen LogP contribution in [0.1, 0.15) is 59.3 Å². The second-order valence-corrected chi connectivity index (χ2v) is 6.72. The molecule has 1 aromatic heterocycles. The molecule has 114 valence electrons. The molecule has 0 bridgehead atoms. The first-order chi connectivity index (χ1) is 9.61. The molecule has 1 unspecified atom stereocenters. The summed E-state index contributed by atoms with van der Waals surface area (Å²) in [6.07, 6.45) is 8.03. The zero-order valence-corrected chi connectivity index (χ0v) is 13.6. The van der Waals surface area contributed by atoms with Gasteiger partial charge in [-0.3, -0.25) is 0 Å². The van der Waals surface area contributed by atoms with Crippen LogP contribution < -0.4 is 15.8 Å². The summed E-state index contributed by atoms with van der Waals surface area (Å²) in [5, 5.41) is 4.64. The Morgan fingerprint density at radius 1 is 1.35 bits per heavy atom. The molecule has 1 aliphatic rings. The molecule has 5 heteroatoms. The highest BCUT2D eigenvalue weighted by Gasteiger charge is 2.25. The van der Waals surface area contributed by atoms with Crippen LogP contribution >= 0.6 is 11.5 Å². The van der Waals surface area contributed by atoms with Crippen molar-refractivity contribution < 1.29 is 4.74 Å². The van der Waals surface area contributed by atoms with E-state index in [-0.39, 0.29) is 6.10 Å². The Morgan fingerprint density at radius 3 is 2.65 bits per heavy atom. The quantitative estimate of drug-likeness (QED) is 0.822. The number of ether oxygens (including phenoxy) is 1. The average Bonchev–Trinajstić information content (AvgIpc) is 2.78. The molecular formula is C15H27N3OS. The zero-order valence-electron chi connectivity index (χ0n) is 12.8. The van der Waals surface area contributed by atoms with Crippen molar-refractivity contribution in [2.24, 2.45) is 5.92 Å². The smallest absolute Gasteiger partial charge is 0.197 e. The van der Waals surface area contributed by atoms with Crippen molar-refractivity contribution in [2.75, 3.05) is 11.1 Å². The summed E-state index contributed by atoms with van der Waals surface area (Å²) < 4.78 is 10.0. The Hall–Kier alpha value is -0.970. The van der Waals surface area contributed by atoms with Gasteiger partial charge in [0.15, 0.2) is 16.6 Å². The van der Waals surface area contributed by atoms with Crippen LogP contribution in [-0.4, -0.2) is 16.5 Å². The third kappa shape index (κ3) is 3.78. The fourth-order valence-electron chi connectivity index (χ4n) is 2.99. The van der Waals surface area contributed by atoms with E-state index in [1.807, 2.05) is 13.8 Å². The molecule has 0 aliphatic heterocycles. The van der Waals surface area contributed by atoms with E-state index in [1.165, 1.54) is 43.6 Å². The fraction of sp³-hybridized carbons (Fsp3) is 0.800. The molecule has 1 aromatic rings. The lowest BCUT2D eigenvalue weighted by molar-refractivity contribution is 0.244. The van der Waals surface area contributed by atoms with Crippen LogP contribution in [0.15, 0.2) is 0 Å². The third-order valence-electron chi connectivity index (χ3n) is 4.00. The van der Waals surface area contributed by atoms with Gasteiger partial charge in [0.1, 0.15) is 0 Å². The number of hydrogen-bond donors (Lipinski definition) is 2. The Bertz CT molecular complexity index is 413. The monoisotopic (exact) mass is 297 g/mol. The predicted molar refractivity (Wildman–Crippen MR) is 86.6 cm³/mol. The summed E-state index contributed by atoms with van der Waals surface area (Å²) in [7, 11) is 0. The summed E-state index contributed by atoms with van der Waals surface area (Å²) >= 11 is 1.41. The van der Waals surface area contributed by atoms with Crippen LogP contribution in [0, 0.1) is 5.92 Å². The number of aromatic nitrogens is 1. The normalized spacial score (nSPS) is 18.2. The van der Waals surface area contributed by atoms with Crippen molar-refractivity contribution in [1.29, 1.82) is 0 Å². The topological polar surface area (TPSA) is 60.2 Å². The van der Waals surface area contributed by atoms with Crippen LogP contribution in [-0.2, 0) is 0 Å². The van der Waals surface area contributed by atoms with Crippen molar-refractivity contribution >= 4 is 22.4 Å². The number of nitrogen functional groups attached to an aromatic ring is 1. The maximum absolute atomic E-state index is 5.92. The first-order valence-electron chi connectivity index (χ1n) is 7.80. The summed E-state index contributed by atoms with van der Waals surface area (Å²) in [6.45, 7) is 6.28. The highest BCUT2D eigenvalue weighted by molar-refractivity contribution is 7.11. The van der Waals surface area contributed by atoms with Gasteiger partial charge in [-0.15, -0.1) is 0 Å². The van der Waals surface area contributed by atoms with E-state index >= 15 is 0 Å². The summed E-state index contributed by atoms with van der Waals surface area (Å²) in [6, 6.07) is 0.504. The van der Waals surface area contributed by atoms with Gasteiger partial charge in [0.25, 0.3) is 0 Å². The molecule has 1 atom stereocenters. The first-order valence-corrected chi connectivity index (χ1v) is 8.57. The van der Waals surface area contributed by atoms with Gasteiger partial charge >= 0.3 is 0 Å². The van der Waals surface area contributed by atoms with E-state index in [9.17, 15) is 0 Å². The van der Waals surface area contributed by atoms with Gasteiger partial charge < -0.3 is 15.8 Å². The van der Waals surface area contributed by atoms with Crippen molar-refractivity contribution in [3.63, 3.8) is 0 Å². The lowest BCUT2D eigenvalue weighted by Crippen LogP contribution is -2.30. The van der Waals surface area contributed by atoms with Crippen LogP contribution in [0.5, 0.6) is 5.75 Å². The molecule has 3 N–H and O–H groups in total. The number of anilines is 2. The molecular weight excluding hydrogens is 270 g/mol. The molecule has 0 aromatic carbocycles. The van der Waals surface area contributed by atoms with Gasteiger partial charge in [0.05, 0.1) is 6.10 Å². The van der Waals surface area contributed by atoms with Crippen LogP contribution in [0.2, 0.25) is 0 Å². The van der Waals surface area contributed by atoms with Gasteiger partial charge in [0, 0.05) is 6.04 Å². The van der Waals surface area contributed by atoms with Crippen LogP contribution in [0.25, 0.3) is 0 Å². The number of nitrogens with two attached hydrogens (primary N) is 1. The molecule has 1 aliphatic carbocycles. The van der Waals surface area contributed by atoms with Crippen molar-refractivity contribution in [1.82, 2.24) is 4.37 Å². The van der Waals surface area contributed by atoms with Crippen molar-refractivity contribution in [3.05, 3.63) is 0 Å². The highest BCUT2D eigenvalue weighted by Crippen LogP contribution is 2.38. The Kier molecular flexibility index (Phi) is 5.52. The van der Waals surface area contributed by atoms with E-state index in [1.54, 1.807) is 0 Å². The zero-order chi connectivity index (χ0) is 14.5. The Balaban J connectivity index is 2.06. The van der Waals surface area contributed by atoms with Crippen LogP contribution in [0.4, 0.5) is 10.8 Å². The maximum atomic E-state index is 5.92. The largest absolute Gasteiger partial charge is 0.484 e. The predicted octanol–water partition coefficient (Wildman–Crippen LogP) is 4.28. The standard InChI is InChI=1S/C15H27N3OS/c1-4-12(11-8-6-5-7-9-11)17-15-13(19-10(2)3)14(16)18-20-15/h10-12,17H,4-9H2,1-3H3,(H2,16,18). The van der Waals surface area contributed by atoms with E-state index in [2.05, 4.69) is 16.6 Å². The van der Waals surface area contributed by atoms with Crippen molar-refractivity contribution in [2.45, 2.75) is 71.4 Å². The number of rotatable bonds is 6. The molecule has 1 fully saturated rings. The van der Waals surface area contributed by atoms with E-state index in [0.29, 0.717) is 11.9 Å². The molecule has 0 saturated heterocycles. The SMILES string of the molecule is CCC(Nc1snc(N)c1OC(C)C)C1CCCCC1. The Labute approximate surface area is 126 Å². The lowest BCUT2D eigenvalue weighted by Gasteiger charge is -2.30. The molecule has 0 radical (unpaired) electrons. The number of nitrogens with zero attached hydrogens (tertiary/aromatic N) is 1. The van der Waals surface area contributed by atoms with E-state index in [0.717, 1.165) is 23.1 Å². The minimum Gasteiger partial charge on any atom is -0.484 e. The minimum atomic E-state index is 0.115. The Morgan fingerprint density at radius 2 is 2.05 bits per heavy atom. The summed E-state index contributed by atoms with van der Waals surface area (Å²) in [5.74, 6) is 2.01. The molecule has 20 heavy (non-hydrogen) atoms. The fourth-order valence-corrected chi connectivity index (χ4v) is 3.71. The first kappa shape index (κ1) is 15.4. The number of hydrogen-bond acceptors (Lipinski definition) is 5. The highest BCUT2D eigenvalue weighted by atomic mass is 32.1. The number of nitrogens with one attached hydrogen (secondary N) is 1. The molecule has 0 spiro atoms. The molecule has 1 saturated carbocycles. The van der Waals surface area contributed by atoms with Gasteiger partial charge in [-0.1, -0.05) is 26.2 Å². The third-order valence-corrected chi connectivity index (χ3v) is 4.78. The minimum absolute atomic E-state index is 0.115. The molecule has 0 amide bonds. The van der Waals surface area contributed by atoms with Gasteiger partial charge in [0.2, 0.25) is 0 Å². The molecule has 4 nitrogen and oxygen atoms in total. The average molecular weight is 297 g/mol. The summed E-state index contributed by atoms with van der Waals surface area (Å²) in [4.78, 5) is 0. The van der Waals surface area contributed by atoms with Crippen molar-refractivity contribution in [3.8, 4) is 5.75 Å². The van der Waals surface area contributed by atoms with Crippen LogP contribution in [0.3, 0.4) is 0 Å². The van der Waals surface area contributed by atoms with Gasteiger partial charge in [-0.05, 0) is 50.6 Å². The molecule has 2 rings (SSSR count). The summed E-state index contributed by atoms with van der Waals surface area (Å²) in [5.41, 5.74) is 5.92. The second kappa shape index (κ2) is 7.16. The van der Waals surface area contributed by atoms with E-state index in [4.69, 9.17) is 10.5 Å². The maximum Gasteiger partial charge on any atom is 0.197 e. The van der Waals surface area contributed by atoms with Gasteiger partial charge in [-0.25, -0.2) is 0 Å².